The molecule has 1 fully saturated rings. The molecule has 92 valence electrons. The minimum absolute atomic E-state index is 0.00643. The number of halogens is 1. The molecule has 0 aliphatic carbocycles. The van der Waals surface area contributed by atoms with Gasteiger partial charge < -0.3 is 19.2 Å². The number of morpholine rings is 1. The number of carboxylic acids is 1. The van der Waals surface area contributed by atoms with Crippen LogP contribution in [0.2, 0.25) is 5.22 Å². The van der Waals surface area contributed by atoms with Crippen LogP contribution in [-0.2, 0) is 9.53 Å². The molecule has 1 aliphatic heterocycles. The molecule has 0 radical (unpaired) electrons. The Morgan fingerprint density at radius 3 is 2.82 bits per heavy atom. The summed E-state index contributed by atoms with van der Waals surface area (Å²) < 4.78 is 9.99. The number of carbonyl (C=O) groups is 2. The molecule has 1 saturated heterocycles. The number of hydrogen-bond donors (Lipinski definition) is 1. The molecule has 0 aromatic carbocycles. The van der Waals surface area contributed by atoms with E-state index < -0.39 is 12.1 Å². The van der Waals surface area contributed by atoms with Crippen LogP contribution < -0.4 is 0 Å². The van der Waals surface area contributed by atoms with E-state index >= 15 is 0 Å². The van der Waals surface area contributed by atoms with Crippen LogP contribution in [0.25, 0.3) is 0 Å². The molecule has 1 N–H and O–H groups in total. The first-order chi connectivity index (χ1) is 8.08. The molecular formula is C10H10ClNO5. The van der Waals surface area contributed by atoms with Gasteiger partial charge in [0, 0.05) is 6.54 Å². The van der Waals surface area contributed by atoms with E-state index in [2.05, 4.69) is 0 Å². The fourth-order valence-electron chi connectivity index (χ4n) is 1.57. The molecule has 17 heavy (non-hydrogen) atoms. The number of hydrogen-bond acceptors (Lipinski definition) is 4. The Kier molecular flexibility index (Phi) is 3.35. The van der Waals surface area contributed by atoms with Crippen molar-refractivity contribution in [1.29, 1.82) is 0 Å². The fraction of sp³-hybridized carbons (Fsp3) is 0.400. The van der Waals surface area contributed by atoms with Crippen molar-refractivity contribution in [3.63, 3.8) is 0 Å². The maximum atomic E-state index is 11.9. The highest BCUT2D eigenvalue weighted by Gasteiger charge is 2.30. The van der Waals surface area contributed by atoms with Gasteiger partial charge in [0.25, 0.3) is 5.91 Å². The summed E-state index contributed by atoms with van der Waals surface area (Å²) in [5, 5.41) is 8.93. The first-order valence-corrected chi connectivity index (χ1v) is 5.35. The largest absolute Gasteiger partial charge is 0.479 e. The first kappa shape index (κ1) is 11.9. The molecule has 0 bridgehead atoms. The third-order valence-electron chi connectivity index (χ3n) is 2.41. The molecule has 1 unspecified atom stereocenters. The van der Waals surface area contributed by atoms with Gasteiger partial charge in [-0.05, 0) is 23.7 Å². The molecule has 1 aliphatic rings. The average Bonchev–Trinajstić information content (AvgIpc) is 2.75. The Hall–Kier alpha value is -1.53. The smallest absolute Gasteiger partial charge is 0.334 e. The summed E-state index contributed by atoms with van der Waals surface area (Å²) in [6.07, 6.45) is -0.988. The van der Waals surface area contributed by atoms with Crippen LogP contribution in [-0.4, -0.2) is 47.7 Å². The average molecular weight is 260 g/mol. The second-order valence-corrected chi connectivity index (χ2v) is 3.93. The number of nitrogens with zero attached hydrogens (tertiary/aromatic N) is 1. The van der Waals surface area contributed by atoms with Crippen LogP contribution in [0.1, 0.15) is 10.6 Å². The van der Waals surface area contributed by atoms with Gasteiger partial charge in [0.15, 0.2) is 17.1 Å². The van der Waals surface area contributed by atoms with Gasteiger partial charge >= 0.3 is 5.97 Å². The molecule has 7 heteroatoms. The van der Waals surface area contributed by atoms with E-state index in [0.29, 0.717) is 6.54 Å². The second-order valence-electron chi connectivity index (χ2n) is 3.55. The van der Waals surface area contributed by atoms with E-state index in [1.165, 1.54) is 17.0 Å². The fourth-order valence-corrected chi connectivity index (χ4v) is 1.71. The van der Waals surface area contributed by atoms with Crippen molar-refractivity contribution in [3.05, 3.63) is 23.1 Å². The quantitative estimate of drug-likeness (QED) is 0.852. The van der Waals surface area contributed by atoms with Crippen molar-refractivity contribution in [2.45, 2.75) is 6.10 Å². The van der Waals surface area contributed by atoms with Gasteiger partial charge in [-0.3, -0.25) is 4.79 Å². The van der Waals surface area contributed by atoms with Gasteiger partial charge in [0.2, 0.25) is 0 Å². The van der Waals surface area contributed by atoms with Gasteiger partial charge in [-0.2, -0.15) is 0 Å². The monoisotopic (exact) mass is 259 g/mol. The van der Waals surface area contributed by atoms with Crippen LogP contribution in [0.15, 0.2) is 16.5 Å². The predicted molar refractivity (Wildman–Crippen MR) is 57.0 cm³/mol. The summed E-state index contributed by atoms with van der Waals surface area (Å²) in [4.78, 5) is 24.0. The Morgan fingerprint density at radius 1 is 1.47 bits per heavy atom. The summed E-state index contributed by atoms with van der Waals surface area (Å²) in [6, 6.07) is 2.92. The third kappa shape index (κ3) is 2.59. The van der Waals surface area contributed by atoms with Crippen molar-refractivity contribution in [3.8, 4) is 0 Å². The zero-order valence-electron chi connectivity index (χ0n) is 8.76. The number of aliphatic carboxylic acids is 1. The second kappa shape index (κ2) is 4.77. The van der Waals surface area contributed by atoms with E-state index in [9.17, 15) is 9.59 Å². The number of ether oxygens (including phenoxy) is 1. The summed E-state index contributed by atoms with van der Waals surface area (Å²) in [5.41, 5.74) is 0. The highest BCUT2D eigenvalue weighted by Crippen LogP contribution is 2.16. The van der Waals surface area contributed by atoms with Crippen molar-refractivity contribution < 1.29 is 23.8 Å². The number of furan rings is 1. The van der Waals surface area contributed by atoms with E-state index in [1.54, 1.807) is 0 Å². The van der Waals surface area contributed by atoms with Crippen LogP contribution >= 0.6 is 11.6 Å². The van der Waals surface area contributed by atoms with E-state index in [4.69, 9.17) is 25.9 Å². The molecule has 1 atom stereocenters. The third-order valence-corrected chi connectivity index (χ3v) is 2.62. The van der Waals surface area contributed by atoms with Crippen molar-refractivity contribution in [2.24, 2.45) is 0 Å². The molecule has 0 spiro atoms. The minimum Gasteiger partial charge on any atom is -0.479 e. The highest BCUT2D eigenvalue weighted by atomic mass is 35.5. The van der Waals surface area contributed by atoms with Gasteiger partial charge in [-0.1, -0.05) is 0 Å². The van der Waals surface area contributed by atoms with E-state index in [0.717, 1.165) is 0 Å². The Labute approximate surface area is 102 Å². The molecule has 1 aromatic rings. The van der Waals surface area contributed by atoms with Crippen LogP contribution in [0.3, 0.4) is 0 Å². The molecule has 1 aromatic heterocycles. The highest BCUT2D eigenvalue weighted by molar-refractivity contribution is 6.29. The van der Waals surface area contributed by atoms with Gasteiger partial charge in [-0.15, -0.1) is 0 Å². The number of carbonyl (C=O) groups excluding carboxylic acids is 1. The molecule has 0 saturated carbocycles. The Balaban J connectivity index is 2.07. The topological polar surface area (TPSA) is 80.0 Å². The lowest BCUT2D eigenvalue weighted by atomic mass is 10.2. The van der Waals surface area contributed by atoms with Crippen LogP contribution in [0.5, 0.6) is 0 Å². The molecular weight excluding hydrogens is 250 g/mol. The number of amides is 1. The predicted octanol–water partition coefficient (Wildman–Crippen LogP) is 0.859. The number of rotatable bonds is 2. The zero-order valence-corrected chi connectivity index (χ0v) is 9.51. The zero-order chi connectivity index (χ0) is 12.4. The van der Waals surface area contributed by atoms with Crippen LogP contribution in [0.4, 0.5) is 0 Å². The molecule has 2 heterocycles. The van der Waals surface area contributed by atoms with Gasteiger partial charge in [0.05, 0.1) is 13.2 Å². The summed E-state index contributed by atoms with van der Waals surface area (Å²) >= 11 is 5.57. The first-order valence-electron chi connectivity index (χ1n) is 4.97. The van der Waals surface area contributed by atoms with Crippen molar-refractivity contribution in [2.75, 3.05) is 19.7 Å². The van der Waals surface area contributed by atoms with E-state index in [-0.39, 0.29) is 30.0 Å². The standard InChI is InChI=1S/C10H10ClNO5/c11-8-2-1-6(17-8)9(13)12-3-4-16-7(5-12)10(14)15/h1-2,7H,3-5H2,(H,14,15). The summed E-state index contributed by atoms with van der Waals surface area (Å²) in [5.74, 6) is -1.37. The van der Waals surface area contributed by atoms with Gasteiger partial charge in [0.1, 0.15) is 0 Å². The molecule has 6 nitrogen and oxygen atoms in total. The molecule has 2 rings (SSSR count). The minimum atomic E-state index is -1.08. The van der Waals surface area contributed by atoms with Crippen LogP contribution in [0, 0.1) is 0 Å². The van der Waals surface area contributed by atoms with Gasteiger partial charge in [-0.25, -0.2) is 4.79 Å². The summed E-state index contributed by atoms with van der Waals surface area (Å²) in [6.45, 7) is 0.532. The number of carboxylic acid groups (broad SMARTS) is 1. The normalized spacial score (nSPS) is 20.3. The Morgan fingerprint density at radius 2 is 2.24 bits per heavy atom. The van der Waals surface area contributed by atoms with Crippen molar-refractivity contribution >= 4 is 23.5 Å². The lowest BCUT2D eigenvalue weighted by molar-refractivity contribution is -0.154. The summed E-state index contributed by atoms with van der Waals surface area (Å²) in [7, 11) is 0. The SMILES string of the molecule is O=C(O)C1CN(C(=O)c2ccc(Cl)o2)CCO1. The van der Waals surface area contributed by atoms with E-state index in [1.807, 2.05) is 0 Å². The maximum Gasteiger partial charge on any atom is 0.334 e. The molecule has 1 amide bonds. The Bertz CT molecular complexity index is 444. The lowest BCUT2D eigenvalue weighted by Gasteiger charge is -2.30. The lowest BCUT2D eigenvalue weighted by Crippen LogP contribution is -2.48. The maximum absolute atomic E-state index is 11.9. The van der Waals surface area contributed by atoms with Crippen molar-refractivity contribution in [1.82, 2.24) is 4.90 Å².